The summed E-state index contributed by atoms with van der Waals surface area (Å²) in [6.07, 6.45) is 3.15. The Morgan fingerprint density at radius 2 is 2.05 bits per heavy atom. The van der Waals surface area contributed by atoms with Crippen LogP contribution in [-0.4, -0.2) is 25.8 Å². The molecule has 0 atom stereocenters. The summed E-state index contributed by atoms with van der Waals surface area (Å²) < 4.78 is 15.7. The van der Waals surface area contributed by atoms with Crippen LogP contribution in [-0.2, 0) is 9.53 Å². The van der Waals surface area contributed by atoms with Gasteiger partial charge in [-0.15, -0.1) is 0 Å². The molecule has 0 aliphatic rings. The van der Waals surface area contributed by atoms with E-state index in [1.807, 2.05) is 32.0 Å². The van der Waals surface area contributed by atoms with Crippen LogP contribution in [0.5, 0.6) is 11.5 Å². The van der Waals surface area contributed by atoms with Gasteiger partial charge >= 0.3 is 5.97 Å². The van der Waals surface area contributed by atoms with E-state index >= 15 is 0 Å². The zero-order valence-corrected chi connectivity index (χ0v) is 11.8. The van der Waals surface area contributed by atoms with Crippen LogP contribution in [0.3, 0.4) is 0 Å². The predicted octanol–water partition coefficient (Wildman–Crippen LogP) is 3.06. The molecule has 0 saturated carbocycles. The lowest BCUT2D eigenvalue weighted by Gasteiger charge is -2.13. The molecule has 0 aromatic heterocycles. The van der Waals surface area contributed by atoms with Crippen molar-refractivity contribution < 1.29 is 19.0 Å². The fourth-order valence-corrected chi connectivity index (χ4v) is 1.49. The average Bonchev–Trinajstić information content (AvgIpc) is 2.37. The topological polar surface area (TPSA) is 44.8 Å². The zero-order valence-electron chi connectivity index (χ0n) is 11.8. The molecular weight excluding hydrogens is 244 g/mol. The van der Waals surface area contributed by atoms with Crippen LogP contribution in [0.4, 0.5) is 0 Å². The maximum Gasteiger partial charge on any atom is 0.330 e. The molecule has 0 amide bonds. The first-order valence-corrected chi connectivity index (χ1v) is 6.26. The summed E-state index contributed by atoms with van der Waals surface area (Å²) in [7, 11) is 1.58. The molecule has 1 aromatic carbocycles. The Kier molecular flexibility index (Phi) is 5.93. The first kappa shape index (κ1) is 15.1. The number of carbonyl (C=O) groups excluding carboxylic acids is 1. The van der Waals surface area contributed by atoms with Crippen molar-refractivity contribution in [2.75, 3.05) is 13.7 Å². The van der Waals surface area contributed by atoms with Crippen LogP contribution in [0.2, 0.25) is 0 Å². The smallest absolute Gasteiger partial charge is 0.330 e. The molecule has 19 heavy (non-hydrogen) atoms. The minimum atomic E-state index is -0.357. The number of methoxy groups -OCH3 is 1. The summed E-state index contributed by atoms with van der Waals surface area (Å²) in [6.45, 7) is 6.04. The van der Waals surface area contributed by atoms with E-state index in [2.05, 4.69) is 0 Å². The van der Waals surface area contributed by atoms with Gasteiger partial charge in [-0.3, -0.25) is 0 Å². The summed E-state index contributed by atoms with van der Waals surface area (Å²) in [4.78, 5) is 11.2. The first-order valence-electron chi connectivity index (χ1n) is 6.26. The summed E-state index contributed by atoms with van der Waals surface area (Å²) in [5.74, 6) is 0.967. The second-order valence-electron chi connectivity index (χ2n) is 4.16. The van der Waals surface area contributed by atoms with E-state index in [0.29, 0.717) is 18.1 Å². The normalized spacial score (nSPS) is 10.8. The van der Waals surface area contributed by atoms with Crippen LogP contribution in [0.25, 0.3) is 6.08 Å². The Hall–Kier alpha value is -1.97. The molecule has 0 radical (unpaired) electrons. The molecule has 0 unspecified atom stereocenters. The molecule has 0 bridgehead atoms. The van der Waals surface area contributed by atoms with Gasteiger partial charge < -0.3 is 14.2 Å². The van der Waals surface area contributed by atoms with Gasteiger partial charge in [-0.2, -0.15) is 0 Å². The number of hydrogen-bond acceptors (Lipinski definition) is 4. The second kappa shape index (κ2) is 7.46. The molecule has 0 spiro atoms. The molecule has 104 valence electrons. The van der Waals surface area contributed by atoms with Gasteiger partial charge in [0.15, 0.2) is 11.5 Å². The van der Waals surface area contributed by atoms with Gasteiger partial charge in [-0.25, -0.2) is 4.79 Å². The number of rotatable bonds is 6. The Labute approximate surface area is 114 Å². The maximum atomic E-state index is 11.2. The lowest BCUT2D eigenvalue weighted by Crippen LogP contribution is -2.06. The van der Waals surface area contributed by atoms with Crippen LogP contribution in [0.1, 0.15) is 26.3 Å². The van der Waals surface area contributed by atoms with Crippen molar-refractivity contribution in [3.05, 3.63) is 29.8 Å². The highest BCUT2D eigenvalue weighted by atomic mass is 16.5. The molecule has 0 saturated heterocycles. The first-order chi connectivity index (χ1) is 9.06. The third-order valence-electron chi connectivity index (χ3n) is 2.25. The average molecular weight is 264 g/mol. The van der Waals surface area contributed by atoms with E-state index in [4.69, 9.17) is 14.2 Å². The summed E-state index contributed by atoms with van der Waals surface area (Å²) >= 11 is 0. The molecular formula is C15H20O4. The van der Waals surface area contributed by atoms with Gasteiger partial charge in [-0.1, -0.05) is 6.07 Å². The van der Waals surface area contributed by atoms with E-state index in [1.165, 1.54) is 6.08 Å². The zero-order chi connectivity index (χ0) is 14.3. The van der Waals surface area contributed by atoms with E-state index < -0.39 is 0 Å². The summed E-state index contributed by atoms with van der Waals surface area (Å²) in [5.41, 5.74) is 0.848. The standard InChI is InChI=1S/C15H20O4/c1-5-18-15(16)9-7-12-6-8-13(19-11(2)3)14(10-12)17-4/h6-11H,5H2,1-4H3/b9-7+. The highest BCUT2D eigenvalue weighted by molar-refractivity contribution is 5.87. The lowest BCUT2D eigenvalue weighted by atomic mass is 10.2. The van der Waals surface area contributed by atoms with Gasteiger partial charge in [0.05, 0.1) is 19.8 Å². The monoisotopic (exact) mass is 264 g/mol. The van der Waals surface area contributed by atoms with E-state index in [-0.39, 0.29) is 12.1 Å². The van der Waals surface area contributed by atoms with Gasteiger partial charge in [0, 0.05) is 6.08 Å². The quantitative estimate of drug-likeness (QED) is 0.585. The minimum Gasteiger partial charge on any atom is -0.493 e. The van der Waals surface area contributed by atoms with Gasteiger partial charge in [0.1, 0.15) is 0 Å². The molecule has 0 N–H and O–H groups in total. The van der Waals surface area contributed by atoms with Gasteiger partial charge in [0.25, 0.3) is 0 Å². The molecule has 4 heteroatoms. The number of benzene rings is 1. The largest absolute Gasteiger partial charge is 0.493 e. The number of hydrogen-bond donors (Lipinski definition) is 0. The number of carbonyl (C=O) groups is 1. The molecule has 0 heterocycles. The predicted molar refractivity (Wildman–Crippen MR) is 74.4 cm³/mol. The highest BCUT2D eigenvalue weighted by Crippen LogP contribution is 2.29. The second-order valence-corrected chi connectivity index (χ2v) is 4.16. The van der Waals surface area contributed by atoms with E-state index in [9.17, 15) is 4.79 Å². The number of ether oxygens (including phenoxy) is 3. The Morgan fingerprint density at radius 3 is 2.63 bits per heavy atom. The van der Waals surface area contributed by atoms with E-state index in [0.717, 1.165) is 5.56 Å². The fraction of sp³-hybridized carbons (Fsp3) is 0.400. The van der Waals surface area contributed by atoms with Crippen LogP contribution in [0, 0.1) is 0 Å². The Bertz CT molecular complexity index is 449. The Morgan fingerprint density at radius 1 is 1.32 bits per heavy atom. The minimum absolute atomic E-state index is 0.0785. The lowest BCUT2D eigenvalue weighted by molar-refractivity contribution is -0.137. The van der Waals surface area contributed by atoms with Crippen molar-refractivity contribution >= 4 is 12.0 Å². The van der Waals surface area contributed by atoms with E-state index in [1.54, 1.807) is 20.1 Å². The fourth-order valence-electron chi connectivity index (χ4n) is 1.49. The molecule has 0 fully saturated rings. The molecule has 4 nitrogen and oxygen atoms in total. The van der Waals surface area contributed by atoms with Crippen molar-refractivity contribution in [1.29, 1.82) is 0 Å². The molecule has 0 aliphatic heterocycles. The third kappa shape index (κ3) is 5.04. The van der Waals surface area contributed by atoms with Crippen molar-refractivity contribution in [3.8, 4) is 11.5 Å². The van der Waals surface area contributed by atoms with Crippen molar-refractivity contribution in [2.45, 2.75) is 26.9 Å². The SMILES string of the molecule is CCOC(=O)/C=C/c1ccc(OC(C)C)c(OC)c1. The number of esters is 1. The maximum absolute atomic E-state index is 11.2. The Balaban J connectivity index is 2.84. The van der Waals surface area contributed by atoms with Crippen LogP contribution >= 0.6 is 0 Å². The summed E-state index contributed by atoms with van der Waals surface area (Å²) in [5, 5.41) is 0. The molecule has 1 rings (SSSR count). The third-order valence-corrected chi connectivity index (χ3v) is 2.25. The molecule has 1 aromatic rings. The van der Waals surface area contributed by atoms with Crippen LogP contribution in [0.15, 0.2) is 24.3 Å². The van der Waals surface area contributed by atoms with Gasteiger partial charge in [-0.05, 0) is 44.5 Å². The summed E-state index contributed by atoms with van der Waals surface area (Å²) in [6, 6.07) is 5.49. The van der Waals surface area contributed by atoms with Crippen molar-refractivity contribution in [3.63, 3.8) is 0 Å². The van der Waals surface area contributed by atoms with Crippen LogP contribution < -0.4 is 9.47 Å². The van der Waals surface area contributed by atoms with Crippen molar-refractivity contribution in [1.82, 2.24) is 0 Å². The molecule has 0 aliphatic carbocycles. The highest BCUT2D eigenvalue weighted by Gasteiger charge is 2.06. The van der Waals surface area contributed by atoms with Gasteiger partial charge in [0.2, 0.25) is 0 Å². The van der Waals surface area contributed by atoms with Crippen molar-refractivity contribution in [2.24, 2.45) is 0 Å².